The van der Waals surface area contributed by atoms with E-state index in [1.54, 1.807) is 7.05 Å². The number of likely N-dealkylation sites (tertiary alicyclic amines) is 1. The smallest absolute Gasteiger partial charge is 0.239 e. The summed E-state index contributed by atoms with van der Waals surface area (Å²) in [6.45, 7) is 11.5. The van der Waals surface area contributed by atoms with E-state index in [1.807, 2.05) is 20.8 Å². The molecule has 6 heteroatoms. The van der Waals surface area contributed by atoms with Crippen molar-refractivity contribution in [2.75, 3.05) is 33.2 Å². The first-order valence-corrected chi connectivity index (χ1v) is 7.85. The average Bonchev–Trinajstić information content (AvgIpc) is 2.84. The highest BCUT2D eigenvalue weighted by Crippen LogP contribution is 2.15. The van der Waals surface area contributed by atoms with Crippen LogP contribution in [0.25, 0.3) is 0 Å². The number of amides is 1. The molecule has 0 spiro atoms. The normalized spacial score (nSPS) is 20.4. The van der Waals surface area contributed by atoms with E-state index in [1.165, 1.54) is 19.4 Å². The standard InChI is InChI=1S/C15H31N5O/c1-6-20-9-7-8-12(20)10-17-14(16-5)18-11-13(21)19-15(2,3)4/h12H,6-11H2,1-5H3,(H,19,21)(H2,16,17,18). The molecule has 1 atom stereocenters. The molecule has 1 heterocycles. The van der Waals surface area contributed by atoms with Crippen molar-refractivity contribution in [3.05, 3.63) is 0 Å². The number of nitrogens with one attached hydrogen (secondary N) is 3. The second kappa shape index (κ2) is 8.22. The zero-order valence-corrected chi connectivity index (χ0v) is 14.1. The van der Waals surface area contributed by atoms with Gasteiger partial charge >= 0.3 is 0 Å². The lowest BCUT2D eigenvalue weighted by Crippen LogP contribution is -2.49. The highest BCUT2D eigenvalue weighted by molar-refractivity contribution is 5.86. The highest BCUT2D eigenvalue weighted by atomic mass is 16.2. The van der Waals surface area contributed by atoms with E-state index in [2.05, 4.69) is 32.8 Å². The lowest BCUT2D eigenvalue weighted by Gasteiger charge is -2.24. The Morgan fingerprint density at radius 1 is 1.33 bits per heavy atom. The van der Waals surface area contributed by atoms with Crippen LogP contribution in [0.1, 0.15) is 40.5 Å². The molecule has 6 nitrogen and oxygen atoms in total. The number of rotatable bonds is 5. The molecule has 0 saturated carbocycles. The summed E-state index contributed by atoms with van der Waals surface area (Å²) in [5, 5.41) is 9.29. The van der Waals surface area contributed by atoms with Crippen molar-refractivity contribution in [2.24, 2.45) is 4.99 Å². The first kappa shape index (κ1) is 17.8. The zero-order chi connectivity index (χ0) is 15.9. The van der Waals surface area contributed by atoms with Crippen molar-refractivity contribution < 1.29 is 4.79 Å². The van der Waals surface area contributed by atoms with Gasteiger partial charge in [0.25, 0.3) is 0 Å². The summed E-state index contributed by atoms with van der Waals surface area (Å²) >= 11 is 0. The number of nitrogens with zero attached hydrogens (tertiary/aromatic N) is 2. The van der Waals surface area contributed by atoms with Gasteiger partial charge in [0, 0.05) is 25.2 Å². The quantitative estimate of drug-likeness (QED) is 0.512. The van der Waals surface area contributed by atoms with Crippen LogP contribution in [0.5, 0.6) is 0 Å². The molecule has 0 bridgehead atoms. The maximum Gasteiger partial charge on any atom is 0.239 e. The van der Waals surface area contributed by atoms with Crippen LogP contribution in [-0.2, 0) is 4.79 Å². The Bertz CT molecular complexity index is 362. The molecule has 1 rings (SSSR count). The number of carbonyl (C=O) groups is 1. The molecule has 0 aromatic heterocycles. The Morgan fingerprint density at radius 3 is 2.62 bits per heavy atom. The monoisotopic (exact) mass is 297 g/mol. The van der Waals surface area contributed by atoms with Crippen LogP contribution in [0.3, 0.4) is 0 Å². The lowest BCUT2D eigenvalue weighted by atomic mass is 10.1. The van der Waals surface area contributed by atoms with E-state index in [-0.39, 0.29) is 18.0 Å². The number of aliphatic imine (C=N–C) groups is 1. The van der Waals surface area contributed by atoms with Gasteiger partial charge in [-0.3, -0.25) is 14.7 Å². The van der Waals surface area contributed by atoms with Gasteiger partial charge in [-0.25, -0.2) is 0 Å². The fourth-order valence-electron chi connectivity index (χ4n) is 2.60. The largest absolute Gasteiger partial charge is 0.355 e. The van der Waals surface area contributed by atoms with Crippen molar-refractivity contribution in [3.63, 3.8) is 0 Å². The number of guanidine groups is 1. The van der Waals surface area contributed by atoms with E-state index >= 15 is 0 Å². The molecule has 1 saturated heterocycles. The summed E-state index contributed by atoms with van der Waals surface area (Å²) in [6, 6.07) is 0.567. The van der Waals surface area contributed by atoms with Gasteiger partial charge in [-0.2, -0.15) is 0 Å². The van der Waals surface area contributed by atoms with Crippen LogP contribution in [0, 0.1) is 0 Å². The molecule has 1 fully saturated rings. The third kappa shape index (κ3) is 6.80. The first-order chi connectivity index (χ1) is 9.85. The molecule has 1 aliphatic rings. The molecule has 21 heavy (non-hydrogen) atoms. The second-order valence-corrected chi connectivity index (χ2v) is 6.53. The Labute approximate surface area is 128 Å². The Hall–Kier alpha value is -1.30. The predicted octanol–water partition coefficient (Wildman–Crippen LogP) is 0.550. The Kier molecular flexibility index (Phi) is 6.95. The van der Waals surface area contributed by atoms with Gasteiger partial charge in [0.1, 0.15) is 0 Å². The van der Waals surface area contributed by atoms with Crippen LogP contribution in [0.15, 0.2) is 4.99 Å². The van der Waals surface area contributed by atoms with Gasteiger partial charge < -0.3 is 16.0 Å². The van der Waals surface area contributed by atoms with Crippen molar-refractivity contribution in [2.45, 2.75) is 52.1 Å². The summed E-state index contributed by atoms with van der Waals surface area (Å²) < 4.78 is 0. The number of likely N-dealkylation sites (N-methyl/N-ethyl adjacent to an activating group) is 1. The maximum absolute atomic E-state index is 11.8. The third-order valence-corrected chi connectivity index (χ3v) is 3.56. The SMILES string of the molecule is CCN1CCCC1CNC(=NC)NCC(=O)NC(C)(C)C. The van der Waals surface area contributed by atoms with Crippen LogP contribution in [-0.4, -0.2) is 61.6 Å². The molecule has 122 valence electrons. The van der Waals surface area contributed by atoms with Crippen LogP contribution in [0.4, 0.5) is 0 Å². The molecule has 0 aromatic carbocycles. The third-order valence-electron chi connectivity index (χ3n) is 3.56. The Morgan fingerprint density at radius 2 is 2.05 bits per heavy atom. The van der Waals surface area contributed by atoms with Crippen molar-refractivity contribution in [1.29, 1.82) is 0 Å². The van der Waals surface area contributed by atoms with Crippen LogP contribution >= 0.6 is 0 Å². The minimum absolute atomic E-state index is 0.0264. The second-order valence-electron chi connectivity index (χ2n) is 6.53. The maximum atomic E-state index is 11.8. The van der Waals surface area contributed by atoms with E-state index in [9.17, 15) is 4.79 Å². The van der Waals surface area contributed by atoms with E-state index < -0.39 is 0 Å². The van der Waals surface area contributed by atoms with Crippen molar-refractivity contribution in [3.8, 4) is 0 Å². The van der Waals surface area contributed by atoms with Gasteiger partial charge in [-0.1, -0.05) is 6.92 Å². The fourth-order valence-corrected chi connectivity index (χ4v) is 2.60. The summed E-state index contributed by atoms with van der Waals surface area (Å²) in [6.07, 6.45) is 2.49. The molecule has 0 radical (unpaired) electrons. The summed E-state index contributed by atoms with van der Waals surface area (Å²) in [7, 11) is 1.73. The number of hydrogen-bond acceptors (Lipinski definition) is 3. The summed E-state index contributed by atoms with van der Waals surface area (Å²) in [4.78, 5) is 18.4. The van der Waals surface area contributed by atoms with Gasteiger partial charge in [-0.15, -0.1) is 0 Å². The molecule has 1 unspecified atom stereocenters. The topological polar surface area (TPSA) is 68.8 Å². The van der Waals surface area contributed by atoms with Crippen molar-refractivity contribution >= 4 is 11.9 Å². The average molecular weight is 297 g/mol. The minimum Gasteiger partial charge on any atom is -0.355 e. The molecule has 1 aliphatic heterocycles. The summed E-state index contributed by atoms with van der Waals surface area (Å²) in [5.41, 5.74) is -0.207. The van der Waals surface area contributed by atoms with Crippen LogP contribution in [0.2, 0.25) is 0 Å². The molecule has 3 N–H and O–H groups in total. The van der Waals surface area contributed by atoms with E-state index in [4.69, 9.17) is 0 Å². The van der Waals surface area contributed by atoms with Crippen molar-refractivity contribution in [1.82, 2.24) is 20.9 Å². The van der Waals surface area contributed by atoms with E-state index in [0.29, 0.717) is 12.0 Å². The highest BCUT2D eigenvalue weighted by Gasteiger charge is 2.22. The molecular formula is C15H31N5O. The number of hydrogen-bond donors (Lipinski definition) is 3. The first-order valence-electron chi connectivity index (χ1n) is 7.85. The molecule has 1 amide bonds. The number of carbonyl (C=O) groups excluding carboxylic acids is 1. The van der Waals surface area contributed by atoms with E-state index in [0.717, 1.165) is 13.1 Å². The molecule has 0 aromatic rings. The molecular weight excluding hydrogens is 266 g/mol. The Balaban J connectivity index is 2.31. The predicted molar refractivity (Wildman–Crippen MR) is 87.5 cm³/mol. The van der Waals surface area contributed by atoms with Gasteiger partial charge in [0.2, 0.25) is 5.91 Å². The fraction of sp³-hybridized carbons (Fsp3) is 0.867. The lowest BCUT2D eigenvalue weighted by molar-refractivity contribution is -0.121. The minimum atomic E-state index is -0.207. The van der Waals surface area contributed by atoms with Crippen LogP contribution < -0.4 is 16.0 Å². The summed E-state index contributed by atoms with van der Waals surface area (Å²) in [5.74, 6) is 0.656. The van der Waals surface area contributed by atoms with Gasteiger partial charge in [0.05, 0.1) is 6.54 Å². The van der Waals surface area contributed by atoms with Gasteiger partial charge in [-0.05, 0) is 46.7 Å². The molecule has 0 aliphatic carbocycles. The van der Waals surface area contributed by atoms with Gasteiger partial charge in [0.15, 0.2) is 5.96 Å². The zero-order valence-electron chi connectivity index (χ0n) is 14.1.